The first-order chi connectivity index (χ1) is 9.13. The Balaban J connectivity index is 2.09. The van der Waals surface area contributed by atoms with Gasteiger partial charge in [0.2, 0.25) is 6.23 Å². The van der Waals surface area contributed by atoms with Gasteiger partial charge >= 0.3 is 0 Å². The van der Waals surface area contributed by atoms with Gasteiger partial charge < -0.3 is 15.6 Å². The predicted molar refractivity (Wildman–Crippen MR) is 64.7 cm³/mol. The van der Waals surface area contributed by atoms with Crippen LogP contribution in [0.4, 0.5) is 10.2 Å². The maximum Gasteiger partial charge on any atom is 0.206 e. The third kappa shape index (κ3) is 1.71. The maximum atomic E-state index is 12.6. The number of imidazole rings is 1. The highest BCUT2D eigenvalue weighted by molar-refractivity contribution is 6.22. The molecule has 3 rings (SSSR count). The number of anilines is 1. The Bertz CT molecular complexity index is 660. The Hall–Kier alpha value is -1.93. The molecule has 19 heavy (non-hydrogen) atoms. The fourth-order valence-corrected chi connectivity index (χ4v) is 2.17. The van der Waals surface area contributed by atoms with Gasteiger partial charge in [-0.15, -0.1) is 11.6 Å². The van der Waals surface area contributed by atoms with Crippen molar-refractivity contribution in [1.82, 2.24) is 19.5 Å². The van der Waals surface area contributed by atoms with Crippen molar-refractivity contribution in [2.75, 3.05) is 5.73 Å². The first kappa shape index (κ1) is 12.1. The largest absolute Gasteiger partial charge is 0.467 e. The zero-order chi connectivity index (χ0) is 13.6. The summed E-state index contributed by atoms with van der Waals surface area (Å²) in [6, 6.07) is 0. The second kappa shape index (κ2) is 4.32. The number of ether oxygens (including phenoxy) is 1. The van der Waals surface area contributed by atoms with E-state index in [-0.39, 0.29) is 17.9 Å². The minimum atomic E-state index is -1.13. The number of halogens is 2. The first-order valence-electron chi connectivity index (χ1n) is 5.35. The average Bonchev–Trinajstić information content (AvgIpc) is 2.94. The van der Waals surface area contributed by atoms with Gasteiger partial charge in [0, 0.05) is 0 Å². The molecule has 0 radical (unpaired) electrons. The molecule has 100 valence electrons. The second-order valence-electron chi connectivity index (χ2n) is 4.00. The number of hydrogen-bond donors (Lipinski definition) is 2. The molecule has 1 aliphatic rings. The fraction of sp³-hybridized carbons (Fsp3) is 0.300. The van der Waals surface area contributed by atoms with Gasteiger partial charge in [0.25, 0.3) is 0 Å². The number of nitrogens with zero attached hydrogens (tertiary/aromatic N) is 4. The van der Waals surface area contributed by atoms with E-state index in [2.05, 4.69) is 15.0 Å². The molecule has 3 heterocycles. The van der Waals surface area contributed by atoms with Crippen LogP contribution in [0.25, 0.3) is 11.2 Å². The molecule has 1 aliphatic heterocycles. The lowest BCUT2D eigenvalue weighted by Crippen LogP contribution is -2.24. The molecule has 7 nitrogen and oxygen atoms in total. The predicted octanol–water partition coefficient (Wildman–Crippen LogP) is 0.716. The number of aromatic nitrogens is 4. The smallest absolute Gasteiger partial charge is 0.206 e. The van der Waals surface area contributed by atoms with Crippen molar-refractivity contribution in [3.05, 3.63) is 24.7 Å². The molecule has 2 aromatic rings. The topological polar surface area (TPSA) is 99.1 Å². The lowest BCUT2D eigenvalue weighted by atomic mass is 10.2. The first-order valence-corrected chi connectivity index (χ1v) is 5.79. The van der Waals surface area contributed by atoms with Crippen molar-refractivity contribution in [2.45, 2.75) is 17.7 Å². The van der Waals surface area contributed by atoms with Crippen molar-refractivity contribution < 1.29 is 14.2 Å². The van der Waals surface area contributed by atoms with E-state index >= 15 is 0 Å². The highest BCUT2D eigenvalue weighted by atomic mass is 35.5. The summed E-state index contributed by atoms with van der Waals surface area (Å²) in [6.07, 6.45) is 0.833. The van der Waals surface area contributed by atoms with Crippen molar-refractivity contribution >= 4 is 28.6 Å². The van der Waals surface area contributed by atoms with E-state index < -0.39 is 17.7 Å². The summed E-state index contributed by atoms with van der Waals surface area (Å²) < 4.78 is 19.2. The van der Waals surface area contributed by atoms with Crippen LogP contribution in [0.1, 0.15) is 6.23 Å². The summed E-state index contributed by atoms with van der Waals surface area (Å²) in [6.45, 7) is 0. The van der Waals surface area contributed by atoms with Crippen LogP contribution < -0.4 is 5.73 Å². The van der Waals surface area contributed by atoms with Crippen molar-refractivity contribution in [3.8, 4) is 0 Å². The van der Waals surface area contributed by atoms with Crippen LogP contribution >= 0.6 is 11.6 Å². The molecule has 0 spiro atoms. The van der Waals surface area contributed by atoms with Crippen LogP contribution in [0.3, 0.4) is 0 Å². The maximum absolute atomic E-state index is 12.6. The molecular formula is C10H9ClFN5O2. The number of rotatable bonds is 1. The van der Waals surface area contributed by atoms with E-state index in [9.17, 15) is 9.50 Å². The molecule has 2 aromatic heterocycles. The third-order valence-corrected chi connectivity index (χ3v) is 3.36. The summed E-state index contributed by atoms with van der Waals surface area (Å²) in [5.41, 5.74) is 6.41. The SMILES string of the molecule is Nc1ncnc2c1ncn2[C@@H]1O/C(=C/F)[C@@H](Cl)[C@H]1O. The Morgan fingerprint density at radius 1 is 1.47 bits per heavy atom. The molecule has 0 amide bonds. The Labute approximate surface area is 111 Å². The van der Waals surface area contributed by atoms with Gasteiger partial charge in [-0.1, -0.05) is 0 Å². The number of nitrogen functional groups attached to an aromatic ring is 1. The molecular weight excluding hydrogens is 277 g/mol. The summed E-state index contributed by atoms with van der Waals surface area (Å²) in [5.74, 6) is 0.0722. The Morgan fingerprint density at radius 2 is 2.26 bits per heavy atom. The second-order valence-corrected chi connectivity index (χ2v) is 4.47. The lowest BCUT2D eigenvalue weighted by Gasteiger charge is -2.15. The third-order valence-electron chi connectivity index (χ3n) is 2.89. The Kier molecular flexibility index (Phi) is 2.76. The Morgan fingerprint density at radius 3 is 2.95 bits per heavy atom. The van der Waals surface area contributed by atoms with Gasteiger partial charge in [-0.3, -0.25) is 4.57 Å². The number of aliphatic hydroxyl groups is 1. The summed E-state index contributed by atoms with van der Waals surface area (Å²) in [7, 11) is 0. The normalized spacial score (nSPS) is 29.0. The highest BCUT2D eigenvalue weighted by Gasteiger charge is 2.41. The molecule has 9 heteroatoms. The molecule has 3 atom stereocenters. The molecule has 0 saturated carbocycles. The highest BCUT2D eigenvalue weighted by Crippen LogP contribution is 2.36. The summed E-state index contributed by atoms with van der Waals surface area (Å²) in [5, 5.41) is 9.01. The van der Waals surface area contributed by atoms with E-state index in [1.54, 1.807) is 0 Å². The van der Waals surface area contributed by atoms with Gasteiger partial charge in [0.05, 0.1) is 0 Å². The van der Waals surface area contributed by atoms with Crippen molar-refractivity contribution in [1.29, 1.82) is 0 Å². The number of aliphatic hydroxyl groups excluding tert-OH is 1. The van der Waals surface area contributed by atoms with Crippen LogP contribution in [0.2, 0.25) is 0 Å². The number of alkyl halides is 1. The average molecular weight is 286 g/mol. The van der Waals surface area contributed by atoms with Crippen molar-refractivity contribution in [2.24, 2.45) is 0 Å². The number of fused-ring (bicyclic) bond motifs is 1. The quantitative estimate of drug-likeness (QED) is 0.749. The van der Waals surface area contributed by atoms with Crippen LogP contribution in [0.5, 0.6) is 0 Å². The molecule has 0 bridgehead atoms. The van der Waals surface area contributed by atoms with Crippen LogP contribution in [0, 0.1) is 0 Å². The van der Waals surface area contributed by atoms with E-state index in [4.69, 9.17) is 22.1 Å². The summed E-state index contributed by atoms with van der Waals surface area (Å²) in [4.78, 5) is 11.9. The van der Waals surface area contributed by atoms with Gasteiger partial charge in [-0.05, 0) is 0 Å². The van der Waals surface area contributed by atoms with Gasteiger partial charge in [-0.25, -0.2) is 19.3 Å². The van der Waals surface area contributed by atoms with Crippen molar-refractivity contribution in [3.63, 3.8) is 0 Å². The number of hydrogen-bond acceptors (Lipinski definition) is 6. The molecule has 0 aliphatic carbocycles. The van der Waals surface area contributed by atoms with Crippen LogP contribution in [-0.2, 0) is 4.74 Å². The van der Waals surface area contributed by atoms with Crippen LogP contribution in [-0.4, -0.2) is 36.1 Å². The monoisotopic (exact) mass is 285 g/mol. The minimum Gasteiger partial charge on any atom is -0.467 e. The van der Waals surface area contributed by atoms with Gasteiger partial charge in [0.1, 0.15) is 41.7 Å². The van der Waals surface area contributed by atoms with E-state index in [1.807, 2.05) is 0 Å². The van der Waals surface area contributed by atoms with Gasteiger partial charge in [0.15, 0.2) is 11.5 Å². The van der Waals surface area contributed by atoms with Crippen LogP contribution in [0.15, 0.2) is 24.7 Å². The van der Waals surface area contributed by atoms with Gasteiger partial charge in [-0.2, -0.15) is 0 Å². The van der Waals surface area contributed by atoms with E-state index in [1.165, 1.54) is 17.2 Å². The molecule has 3 N–H and O–H groups in total. The zero-order valence-corrected chi connectivity index (χ0v) is 10.2. The number of nitrogens with two attached hydrogens (primary N) is 1. The lowest BCUT2D eigenvalue weighted by molar-refractivity contribution is 0.0108. The standard InChI is InChI=1S/C10H9ClFN5O2/c11-5-4(1-12)19-10(7(5)18)17-3-16-6-8(13)14-2-15-9(6)17/h1-3,5,7,10,18H,(H2,13,14,15)/b4-1+/t5-,7-,10-/m1/s1. The summed E-state index contributed by atoms with van der Waals surface area (Å²) >= 11 is 5.85. The fourth-order valence-electron chi connectivity index (χ4n) is 1.95. The minimum absolute atomic E-state index is 0.136. The van der Waals surface area contributed by atoms with E-state index in [0.29, 0.717) is 11.2 Å². The molecule has 0 aromatic carbocycles. The molecule has 1 fully saturated rings. The molecule has 0 unspecified atom stereocenters. The zero-order valence-electron chi connectivity index (χ0n) is 9.44. The molecule has 1 saturated heterocycles. The van der Waals surface area contributed by atoms with E-state index in [0.717, 1.165) is 0 Å².